The van der Waals surface area contributed by atoms with E-state index in [-0.39, 0.29) is 6.03 Å². The molecule has 0 spiro atoms. The molecule has 100 valence electrons. The fourth-order valence-corrected chi connectivity index (χ4v) is 2.27. The van der Waals surface area contributed by atoms with Gasteiger partial charge in [0.25, 0.3) is 0 Å². The van der Waals surface area contributed by atoms with E-state index < -0.39 is 0 Å². The molecule has 1 atom stereocenters. The Morgan fingerprint density at radius 3 is 2.59 bits per heavy atom. The summed E-state index contributed by atoms with van der Waals surface area (Å²) in [4.78, 5) is 16.2. The molecule has 17 heavy (non-hydrogen) atoms. The van der Waals surface area contributed by atoms with Crippen molar-refractivity contribution >= 4 is 6.03 Å². The zero-order chi connectivity index (χ0) is 12.8. The summed E-state index contributed by atoms with van der Waals surface area (Å²) in [6.07, 6.45) is 1.05. The predicted octanol–water partition coefficient (Wildman–Crippen LogP) is 1.77. The molecule has 4 nitrogen and oxygen atoms in total. The second-order valence-electron chi connectivity index (χ2n) is 5.06. The van der Waals surface area contributed by atoms with Crippen molar-refractivity contribution in [2.75, 3.05) is 32.7 Å². The first-order chi connectivity index (χ1) is 8.10. The average Bonchev–Trinajstić information content (AvgIpc) is 2.56. The molecule has 1 heterocycles. The van der Waals surface area contributed by atoms with Gasteiger partial charge in [-0.1, -0.05) is 13.8 Å². The molecule has 1 saturated heterocycles. The second-order valence-corrected chi connectivity index (χ2v) is 5.06. The van der Waals surface area contributed by atoms with Crippen LogP contribution in [0.25, 0.3) is 0 Å². The van der Waals surface area contributed by atoms with Gasteiger partial charge in [-0.2, -0.15) is 0 Å². The predicted molar refractivity (Wildman–Crippen MR) is 71.1 cm³/mol. The van der Waals surface area contributed by atoms with Crippen LogP contribution >= 0.6 is 0 Å². The van der Waals surface area contributed by atoms with Crippen LogP contribution in [0.3, 0.4) is 0 Å². The highest BCUT2D eigenvalue weighted by Crippen LogP contribution is 2.10. The van der Waals surface area contributed by atoms with Crippen LogP contribution in [-0.2, 0) is 0 Å². The summed E-state index contributed by atoms with van der Waals surface area (Å²) in [7, 11) is 0. The smallest absolute Gasteiger partial charge is 0.320 e. The van der Waals surface area contributed by atoms with Gasteiger partial charge in [0, 0.05) is 32.2 Å². The molecule has 0 bridgehead atoms. The number of nitrogens with zero attached hydrogens (tertiary/aromatic N) is 2. The van der Waals surface area contributed by atoms with E-state index in [0.717, 1.165) is 39.1 Å². The molecule has 0 radical (unpaired) electrons. The van der Waals surface area contributed by atoms with Crippen LogP contribution in [0.1, 0.15) is 34.1 Å². The summed E-state index contributed by atoms with van der Waals surface area (Å²) >= 11 is 0. The van der Waals surface area contributed by atoms with Gasteiger partial charge in [0.15, 0.2) is 0 Å². The first-order valence-corrected chi connectivity index (χ1v) is 6.87. The van der Waals surface area contributed by atoms with E-state index in [1.54, 1.807) is 0 Å². The molecule has 0 aliphatic carbocycles. The van der Waals surface area contributed by atoms with Crippen molar-refractivity contribution in [3.8, 4) is 0 Å². The number of hydrogen-bond acceptors (Lipinski definition) is 2. The van der Waals surface area contributed by atoms with Gasteiger partial charge >= 0.3 is 6.03 Å². The number of carbonyl (C=O) groups is 1. The van der Waals surface area contributed by atoms with Gasteiger partial charge in [-0.25, -0.2) is 4.79 Å². The largest absolute Gasteiger partial charge is 0.325 e. The summed E-state index contributed by atoms with van der Waals surface area (Å²) in [5.41, 5.74) is 0. The van der Waals surface area contributed by atoms with Gasteiger partial charge in [0.2, 0.25) is 0 Å². The van der Waals surface area contributed by atoms with Crippen LogP contribution in [0.15, 0.2) is 0 Å². The summed E-state index contributed by atoms with van der Waals surface area (Å²) in [6, 6.07) is 0.626. The van der Waals surface area contributed by atoms with E-state index in [2.05, 4.69) is 19.2 Å². The topological polar surface area (TPSA) is 35.6 Å². The van der Waals surface area contributed by atoms with Gasteiger partial charge in [-0.05, 0) is 32.7 Å². The fraction of sp³-hybridized carbons (Fsp3) is 0.923. The van der Waals surface area contributed by atoms with Crippen LogP contribution in [0.5, 0.6) is 0 Å². The van der Waals surface area contributed by atoms with E-state index in [1.165, 1.54) is 0 Å². The lowest BCUT2D eigenvalue weighted by atomic mass is 10.0. The van der Waals surface area contributed by atoms with Crippen LogP contribution in [0.4, 0.5) is 4.79 Å². The Kier molecular flexibility index (Phi) is 5.75. The highest BCUT2D eigenvalue weighted by Gasteiger charge is 2.25. The summed E-state index contributed by atoms with van der Waals surface area (Å²) in [5, 5.41) is 3.53. The van der Waals surface area contributed by atoms with E-state index >= 15 is 0 Å². The summed E-state index contributed by atoms with van der Waals surface area (Å²) in [6.45, 7) is 12.8. The third-order valence-electron chi connectivity index (χ3n) is 3.54. The monoisotopic (exact) mass is 241 g/mol. The van der Waals surface area contributed by atoms with Crippen LogP contribution < -0.4 is 5.32 Å². The van der Waals surface area contributed by atoms with E-state index in [9.17, 15) is 4.79 Å². The molecule has 1 aliphatic rings. The number of carbonyl (C=O) groups excluding carboxylic acids is 1. The normalized spacial score (nSPS) is 21.5. The Labute approximate surface area is 105 Å². The van der Waals surface area contributed by atoms with E-state index in [0.29, 0.717) is 12.0 Å². The zero-order valence-corrected chi connectivity index (χ0v) is 11.7. The third kappa shape index (κ3) is 3.87. The minimum Gasteiger partial charge on any atom is -0.325 e. The molecule has 0 aromatic heterocycles. The standard InChI is InChI=1S/C13H27N3O/c1-5-15(6-2)13(17)16-9-7-8-14-12(10-16)11(3)4/h11-12,14H,5-10H2,1-4H3. The van der Waals surface area contributed by atoms with Crippen molar-refractivity contribution in [1.29, 1.82) is 0 Å². The molecule has 1 fully saturated rings. The number of rotatable bonds is 3. The van der Waals surface area contributed by atoms with Gasteiger partial charge < -0.3 is 15.1 Å². The lowest BCUT2D eigenvalue weighted by Crippen LogP contribution is -2.48. The fourth-order valence-electron chi connectivity index (χ4n) is 2.27. The van der Waals surface area contributed by atoms with Crippen molar-refractivity contribution in [2.45, 2.75) is 40.2 Å². The van der Waals surface area contributed by atoms with Crippen molar-refractivity contribution in [3.63, 3.8) is 0 Å². The van der Waals surface area contributed by atoms with E-state index in [4.69, 9.17) is 0 Å². The minimum absolute atomic E-state index is 0.198. The first kappa shape index (κ1) is 14.3. The maximum atomic E-state index is 12.3. The maximum Gasteiger partial charge on any atom is 0.320 e. The average molecular weight is 241 g/mol. The molecular formula is C13H27N3O. The highest BCUT2D eigenvalue weighted by molar-refractivity contribution is 5.74. The van der Waals surface area contributed by atoms with Crippen molar-refractivity contribution < 1.29 is 4.79 Å². The molecular weight excluding hydrogens is 214 g/mol. The van der Waals surface area contributed by atoms with E-state index in [1.807, 2.05) is 23.6 Å². The number of hydrogen-bond donors (Lipinski definition) is 1. The quantitative estimate of drug-likeness (QED) is 0.817. The van der Waals surface area contributed by atoms with Gasteiger partial charge in [0.05, 0.1) is 0 Å². The first-order valence-electron chi connectivity index (χ1n) is 6.87. The Morgan fingerprint density at radius 2 is 2.06 bits per heavy atom. The van der Waals surface area contributed by atoms with Crippen LogP contribution in [-0.4, -0.2) is 54.6 Å². The molecule has 2 amide bonds. The second kappa shape index (κ2) is 6.84. The van der Waals surface area contributed by atoms with Crippen molar-refractivity contribution in [3.05, 3.63) is 0 Å². The molecule has 4 heteroatoms. The summed E-state index contributed by atoms with van der Waals surface area (Å²) in [5.74, 6) is 0.570. The third-order valence-corrected chi connectivity index (χ3v) is 3.54. The Morgan fingerprint density at radius 1 is 1.41 bits per heavy atom. The Balaban J connectivity index is 2.64. The number of nitrogens with one attached hydrogen (secondary N) is 1. The molecule has 1 unspecified atom stereocenters. The molecule has 1 rings (SSSR count). The Hall–Kier alpha value is -0.770. The minimum atomic E-state index is 0.198. The van der Waals surface area contributed by atoms with Crippen LogP contribution in [0, 0.1) is 5.92 Å². The van der Waals surface area contributed by atoms with Gasteiger partial charge in [-0.15, -0.1) is 0 Å². The number of amides is 2. The molecule has 0 aromatic carbocycles. The van der Waals surface area contributed by atoms with Crippen LogP contribution in [0.2, 0.25) is 0 Å². The number of urea groups is 1. The molecule has 0 aromatic rings. The van der Waals surface area contributed by atoms with Crippen molar-refractivity contribution in [2.24, 2.45) is 5.92 Å². The lowest BCUT2D eigenvalue weighted by Gasteiger charge is -2.31. The molecule has 0 saturated carbocycles. The lowest BCUT2D eigenvalue weighted by molar-refractivity contribution is 0.153. The van der Waals surface area contributed by atoms with Crippen molar-refractivity contribution in [1.82, 2.24) is 15.1 Å². The maximum absolute atomic E-state index is 12.3. The zero-order valence-electron chi connectivity index (χ0n) is 11.7. The molecule has 1 N–H and O–H groups in total. The highest BCUT2D eigenvalue weighted by atomic mass is 16.2. The summed E-state index contributed by atoms with van der Waals surface area (Å²) < 4.78 is 0. The molecule has 1 aliphatic heterocycles. The Bertz CT molecular complexity index is 239. The van der Waals surface area contributed by atoms with Gasteiger partial charge in [-0.3, -0.25) is 0 Å². The SMILES string of the molecule is CCN(CC)C(=O)N1CCCNC(C(C)C)C1. The van der Waals surface area contributed by atoms with Gasteiger partial charge in [0.1, 0.15) is 0 Å².